The molecule has 0 atom stereocenters. The molecule has 0 fully saturated rings. The highest BCUT2D eigenvalue weighted by molar-refractivity contribution is 6.14. The van der Waals surface area contributed by atoms with Crippen molar-refractivity contribution >= 4 is 5.78 Å². The molecule has 0 aliphatic carbocycles. The Hall–Kier alpha value is -2.49. The molecule has 0 N–H and O–H groups in total. The monoisotopic (exact) mass is 342 g/mol. The van der Waals surface area contributed by atoms with E-state index in [4.69, 9.17) is 14.2 Å². The molecule has 0 radical (unpaired) electrons. The van der Waals surface area contributed by atoms with Crippen molar-refractivity contribution in [2.24, 2.45) is 0 Å². The molecule has 0 aliphatic heterocycles. The minimum Gasteiger partial charge on any atom is -0.496 e. The average molecular weight is 342 g/mol. The van der Waals surface area contributed by atoms with Crippen molar-refractivity contribution in [3.8, 4) is 17.2 Å². The first-order valence-electron chi connectivity index (χ1n) is 8.20. The fraction of sp³-hybridized carbons (Fsp3) is 0.381. The highest BCUT2D eigenvalue weighted by Gasteiger charge is 2.26. The van der Waals surface area contributed by atoms with Crippen LogP contribution in [0.15, 0.2) is 12.1 Å². The van der Waals surface area contributed by atoms with Gasteiger partial charge in [-0.15, -0.1) is 0 Å². The normalized spacial score (nSPS) is 10.6. The summed E-state index contributed by atoms with van der Waals surface area (Å²) >= 11 is 0. The first kappa shape index (κ1) is 18.8. The largest absolute Gasteiger partial charge is 0.496 e. The third-order valence-corrected chi connectivity index (χ3v) is 5.17. The van der Waals surface area contributed by atoms with Gasteiger partial charge < -0.3 is 14.2 Å². The number of ketones is 1. The zero-order valence-electron chi connectivity index (χ0n) is 16.3. The highest BCUT2D eigenvalue weighted by Crippen LogP contribution is 2.37. The van der Waals surface area contributed by atoms with Gasteiger partial charge in [0.25, 0.3) is 0 Å². The Morgan fingerprint density at radius 2 is 1.04 bits per heavy atom. The molecule has 0 saturated heterocycles. The Morgan fingerprint density at radius 3 is 1.40 bits per heavy atom. The summed E-state index contributed by atoms with van der Waals surface area (Å²) in [4.78, 5) is 13.5. The van der Waals surface area contributed by atoms with Crippen LogP contribution in [-0.2, 0) is 0 Å². The summed E-state index contributed by atoms with van der Waals surface area (Å²) in [6.45, 7) is 10.2. The van der Waals surface area contributed by atoms with Crippen molar-refractivity contribution in [3.63, 3.8) is 0 Å². The number of carbonyl (C=O) groups is 1. The molecular weight excluding hydrogens is 316 g/mol. The number of methoxy groups -OCH3 is 3. The maximum atomic E-state index is 13.5. The third-order valence-electron chi connectivity index (χ3n) is 5.17. The number of hydrogen-bond acceptors (Lipinski definition) is 4. The predicted octanol–water partition coefficient (Wildman–Crippen LogP) is 4.49. The number of hydrogen-bond donors (Lipinski definition) is 0. The number of carbonyl (C=O) groups excluding carboxylic acids is 1. The summed E-state index contributed by atoms with van der Waals surface area (Å²) in [6, 6.07) is 3.41. The standard InChI is InChI=1S/C21H26O4/c1-11-12(2)14(4)19(15(5)13(11)3)21(22)20-17(24-7)9-16(23-6)10-18(20)25-8/h9-10H,1-8H3. The first-order chi connectivity index (χ1) is 11.8. The van der Waals surface area contributed by atoms with Crippen molar-refractivity contribution in [1.29, 1.82) is 0 Å². The van der Waals surface area contributed by atoms with Gasteiger partial charge >= 0.3 is 0 Å². The third kappa shape index (κ3) is 3.09. The van der Waals surface area contributed by atoms with Crippen LogP contribution in [0.1, 0.15) is 43.7 Å². The number of ether oxygens (including phenoxy) is 3. The number of rotatable bonds is 5. The van der Waals surface area contributed by atoms with Gasteiger partial charge in [-0.1, -0.05) is 0 Å². The molecular formula is C21H26O4. The van der Waals surface area contributed by atoms with Crippen LogP contribution in [-0.4, -0.2) is 27.1 Å². The Labute approximate surface area is 149 Å². The van der Waals surface area contributed by atoms with Gasteiger partial charge in [0.05, 0.1) is 21.3 Å². The zero-order chi connectivity index (χ0) is 18.9. The van der Waals surface area contributed by atoms with Gasteiger partial charge in [0.15, 0.2) is 0 Å². The number of benzene rings is 2. The van der Waals surface area contributed by atoms with E-state index in [1.807, 2.05) is 13.8 Å². The zero-order valence-corrected chi connectivity index (χ0v) is 16.3. The van der Waals surface area contributed by atoms with Crippen molar-refractivity contribution in [3.05, 3.63) is 51.1 Å². The molecule has 0 bridgehead atoms. The summed E-state index contributed by atoms with van der Waals surface area (Å²) in [7, 11) is 4.64. The Balaban J connectivity index is 2.79. The first-order valence-corrected chi connectivity index (χ1v) is 8.20. The van der Waals surface area contributed by atoms with Crippen LogP contribution < -0.4 is 14.2 Å². The summed E-state index contributed by atoms with van der Waals surface area (Å²) in [6.07, 6.45) is 0. The van der Waals surface area contributed by atoms with Crippen molar-refractivity contribution in [2.45, 2.75) is 34.6 Å². The van der Waals surface area contributed by atoms with Crippen LogP contribution in [0, 0.1) is 34.6 Å². The maximum absolute atomic E-state index is 13.5. The van der Waals surface area contributed by atoms with E-state index in [1.165, 1.54) is 19.8 Å². The molecule has 0 amide bonds. The second kappa shape index (κ2) is 7.18. The fourth-order valence-corrected chi connectivity index (χ4v) is 3.20. The SMILES string of the molecule is COc1cc(OC)c(C(=O)c2c(C)c(C)c(C)c(C)c2C)c(OC)c1. The summed E-state index contributed by atoms with van der Waals surface area (Å²) in [5.41, 5.74) is 6.61. The van der Waals surface area contributed by atoms with Crippen LogP contribution in [0.5, 0.6) is 17.2 Å². The molecule has 4 nitrogen and oxygen atoms in total. The van der Waals surface area contributed by atoms with E-state index in [2.05, 4.69) is 20.8 Å². The smallest absolute Gasteiger partial charge is 0.201 e. The molecule has 134 valence electrons. The van der Waals surface area contributed by atoms with Gasteiger partial charge in [-0.05, 0) is 62.4 Å². The summed E-state index contributed by atoms with van der Waals surface area (Å²) in [5.74, 6) is 1.36. The summed E-state index contributed by atoms with van der Waals surface area (Å²) in [5, 5.41) is 0. The lowest BCUT2D eigenvalue weighted by Crippen LogP contribution is -2.13. The molecule has 2 rings (SSSR count). The van der Waals surface area contributed by atoms with Crippen LogP contribution in [0.25, 0.3) is 0 Å². The molecule has 0 saturated carbocycles. The lowest BCUT2D eigenvalue weighted by Gasteiger charge is -2.20. The van der Waals surface area contributed by atoms with E-state index in [0.717, 1.165) is 22.3 Å². The van der Waals surface area contributed by atoms with Gasteiger partial charge in [-0.25, -0.2) is 0 Å². The molecule has 2 aromatic rings. The van der Waals surface area contributed by atoms with Gasteiger partial charge in [0, 0.05) is 17.7 Å². The molecule has 0 aliphatic rings. The molecule has 2 aromatic carbocycles. The quantitative estimate of drug-likeness (QED) is 0.751. The van der Waals surface area contributed by atoms with Gasteiger partial charge in [0.1, 0.15) is 22.8 Å². The van der Waals surface area contributed by atoms with E-state index < -0.39 is 0 Å². The minimum absolute atomic E-state index is 0.0995. The molecule has 0 heterocycles. The summed E-state index contributed by atoms with van der Waals surface area (Å²) < 4.78 is 16.2. The fourth-order valence-electron chi connectivity index (χ4n) is 3.20. The average Bonchev–Trinajstić information content (AvgIpc) is 2.63. The van der Waals surface area contributed by atoms with Crippen molar-refractivity contribution < 1.29 is 19.0 Å². The van der Waals surface area contributed by atoms with Gasteiger partial charge in [-0.2, -0.15) is 0 Å². The van der Waals surface area contributed by atoms with Crippen LogP contribution in [0.3, 0.4) is 0 Å². The lowest BCUT2D eigenvalue weighted by molar-refractivity contribution is 0.103. The van der Waals surface area contributed by atoms with E-state index >= 15 is 0 Å². The predicted molar refractivity (Wildman–Crippen MR) is 99.7 cm³/mol. The Morgan fingerprint density at radius 1 is 0.640 bits per heavy atom. The van der Waals surface area contributed by atoms with Crippen LogP contribution >= 0.6 is 0 Å². The molecule has 0 spiro atoms. The highest BCUT2D eigenvalue weighted by atomic mass is 16.5. The van der Waals surface area contributed by atoms with Crippen LogP contribution in [0.2, 0.25) is 0 Å². The molecule has 0 aromatic heterocycles. The maximum Gasteiger partial charge on any atom is 0.201 e. The Bertz CT molecular complexity index is 780. The van der Waals surface area contributed by atoms with Crippen LogP contribution in [0.4, 0.5) is 0 Å². The van der Waals surface area contributed by atoms with E-state index in [0.29, 0.717) is 28.4 Å². The topological polar surface area (TPSA) is 44.8 Å². The van der Waals surface area contributed by atoms with E-state index in [-0.39, 0.29) is 5.78 Å². The second-order valence-corrected chi connectivity index (χ2v) is 6.24. The lowest BCUT2D eigenvalue weighted by atomic mass is 9.85. The Kier molecular flexibility index (Phi) is 5.41. The van der Waals surface area contributed by atoms with E-state index in [1.54, 1.807) is 19.2 Å². The second-order valence-electron chi connectivity index (χ2n) is 6.24. The van der Waals surface area contributed by atoms with Crippen molar-refractivity contribution in [2.75, 3.05) is 21.3 Å². The van der Waals surface area contributed by atoms with Gasteiger partial charge in [-0.3, -0.25) is 4.79 Å². The molecule has 0 unspecified atom stereocenters. The minimum atomic E-state index is -0.0995. The van der Waals surface area contributed by atoms with Gasteiger partial charge in [0.2, 0.25) is 5.78 Å². The molecule has 4 heteroatoms. The molecule has 25 heavy (non-hydrogen) atoms. The van der Waals surface area contributed by atoms with E-state index in [9.17, 15) is 4.79 Å². The van der Waals surface area contributed by atoms with Crippen molar-refractivity contribution in [1.82, 2.24) is 0 Å².